The fourth-order valence-electron chi connectivity index (χ4n) is 0.981. The number of hydrogen-bond acceptors (Lipinski definition) is 2. The molecule has 1 saturated heterocycles. The van der Waals surface area contributed by atoms with Crippen LogP contribution in [0.3, 0.4) is 0 Å². The lowest BCUT2D eigenvalue weighted by atomic mass is 10.2. The fraction of sp³-hybridized carbons (Fsp3) is 0.833. The normalized spacial score (nSPS) is 33.9. The van der Waals surface area contributed by atoms with Crippen molar-refractivity contribution in [2.75, 3.05) is 7.05 Å². The van der Waals surface area contributed by atoms with Crippen molar-refractivity contribution in [2.24, 2.45) is 0 Å². The third-order valence-electron chi connectivity index (χ3n) is 1.70. The van der Waals surface area contributed by atoms with E-state index in [2.05, 4.69) is 5.32 Å². The van der Waals surface area contributed by atoms with Crippen molar-refractivity contribution in [1.29, 1.82) is 0 Å². The van der Waals surface area contributed by atoms with Crippen LogP contribution >= 0.6 is 12.2 Å². The average Bonchev–Trinajstić information content (AvgIpc) is 1.82. The summed E-state index contributed by atoms with van der Waals surface area (Å²) in [6, 6.07) is 0.290. The molecule has 0 bridgehead atoms. The van der Waals surface area contributed by atoms with Crippen LogP contribution < -0.4 is 5.32 Å². The zero-order valence-corrected chi connectivity index (χ0v) is 6.98. The van der Waals surface area contributed by atoms with E-state index < -0.39 is 6.23 Å². The second-order valence-electron chi connectivity index (χ2n) is 2.68. The molecule has 0 unspecified atom stereocenters. The average molecular weight is 160 g/mol. The topological polar surface area (TPSA) is 35.5 Å². The van der Waals surface area contributed by atoms with E-state index in [-0.39, 0.29) is 0 Å². The second kappa shape index (κ2) is 2.72. The van der Waals surface area contributed by atoms with Gasteiger partial charge in [-0.1, -0.05) is 0 Å². The molecule has 10 heavy (non-hydrogen) atoms. The molecule has 0 radical (unpaired) electrons. The van der Waals surface area contributed by atoms with Gasteiger partial charge in [-0.2, -0.15) is 0 Å². The van der Waals surface area contributed by atoms with Gasteiger partial charge in [-0.3, -0.25) is 0 Å². The van der Waals surface area contributed by atoms with Crippen molar-refractivity contribution in [3.8, 4) is 0 Å². The predicted octanol–water partition coefficient (Wildman–Crippen LogP) is -0.0967. The molecule has 0 amide bonds. The van der Waals surface area contributed by atoms with Gasteiger partial charge in [0.1, 0.15) is 6.23 Å². The Balaban J connectivity index is 2.57. The highest BCUT2D eigenvalue weighted by atomic mass is 32.1. The Kier molecular flexibility index (Phi) is 2.11. The molecule has 1 fully saturated rings. The number of thiocarbonyl (C=S) groups is 1. The Hall–Kier alpha value is -0.350. The fourth-order valence-corrected chi connectivity index (χ4v) is 1.30. The lowest BCUT2D eigenvalue weighted by molar-refractivity contribution is 0.0408. The number of rotatable bonds is 0. The molecule has 0 spiro atoms. The summed E-state index contributed by atoms with van der Waals surface area (Å²) >= 11 is 4.94. The lowest BCUT2D eigenvalue weighted by Gasteiger charge is -2.35. The SMILES string of the molecule is C[C@H]1C[C@H](O)N(C)C(=S)N1. The van der Waals surface area contributed by atoms with Crippen LogP contribution in [-0.2, 0) is 0 Å². The first-order valence-electron chi connectivity index (χ1n) is 3.32. The first kappa shape index (κ1) is 7.75. The van der Waals surface area contributed by atoms with E-state index >= 15 is 0 Å². The van der Waals surface area contributed by atoms with Crippen molar-refractivity contribution < 1.29 is 5.11 Å². The molecule has 0 saturated carbocycles. The molecule has 58 valence electrons. The van der Waals surface area contributed by atoms with Crippen LogP contribution in [0.1, 0.15) is 13.3 Å². The lowest BCUT2D eigenvalue weighted by Crippen LogP contribution is -2.53. The third kappa shape index (κ3) is 1.38. The Morgan fingerprint density at radius 1 is 1.80 bits per heavy atom. The standard InChI is InChI=1S/C6H12N2OS/c1-4-3-5(9)8(2)6(10)7-4/h4-5,9H,3H2,1-2H3,(H,7,10)/t4-,5-/m0/s1. The van der Waals surface area contributed by atoms with Crippen molar-refractivity contribution in [1.82, 2.24) is 10.2 Å². The summed E-state index contributed by atoms with van der Waals surface area (Å²) in [6.45, 7) is 2.00. The van der Waals surface area contributed by atoms with Gasteiger partial charge in [0.15, 0.2) is 5.11 Å². The monoisotopic (exact) mass is 160 g/mol. The summed E-state index contributed by atoms with van der Waals surface area (Å²) in [4.78, 5) is 1.66. The molecule has 0 aromatic heterocycles. The van der Waals surface area contributed by atoms with Crippen LogP contribution in [0.5, 0.6) is 0 Å². The van der Waals surface area contributed by atoms with Gasteiger partial charge in [0.05, 0.1) is 0 Å². The van der Waals surface area contributed by atoms with Gasteiger partial charge in [0.25, 0.3) is 0 Å². The first-order chi connectivity index (χ1) is 4.61. The van der Waals surface area contributed by atoms with Gasteiger partial charge < -0.3 is 15.3 Å². The summed E-state index contributed by atoms with van der Waals surface area (Å²) in [5.74, 6) is 0. The predicted molar refractivity (Wildman–Crippen MR) is 43.6 cm³/mol. The van der Waals surface area contributed by atoms with E-state index in [1.807, 2.05) is 6.92 Å². The Morgan fingerprint density at radius 3 is 2.90 bits per heavy atom. The minimum atomic E-state index is -0.413. The van der Waals surface area contributed by atoms with Crippen LogP contribution in [-0.4, -0.2) is 34.4 Å². The molecule has 0 aromatic rings. The highest BCUT2D eigenvalue weighted by Gasteiger charge is 2.23. The van der Waals surface area contributed by atoms with Gasteiger partial charge >= 0.3 is 0 Å². The van der Waals surface area contributed by atoms with Gasteiger partial charge in [0.2, 0.25) is 0 Å². The minimum Gasteiger partial charge on any atom is -0.373 e. The highest BCUT2D eigenvalue weighted by molar-refractivity contribution is 7.80. The maximum atomic E-state index is 9.32. The second-order valence-corrected chi connectivity index (χ2v) is 3.06. The molecule has 0 aromatic carbocycles. The van der Waals surface area contributed by atoms with E-state index in [9.17, 15) is 5.11 Å². The quantitative estimate of drug-likeness (QED) is 0.485. The Bertz CT molecular complexity index is 151. The maximum Gasteiger partial charge on any atom is 0.170 e. The molecule has 4 heteroatoms. The van der Waals surface area contributed by atoms with E-state index in [4.69, 9.17) is 12.2 Å². The highest BCUT2D eigenvalue weighted by Crippen LogP contribution is 2.08. The van der Waals surface area contributed by atoms with Crippen molar-refractivity contribution in [3.63, 3.8) is 0 Å². The third-order valence-corrected chi connectivity index (χ3v) is 2.11. The van der Waals surface area contributed by atoms with E-state index in [0.717, 1.165) is 6.42 Å². The maximum absolute atomic E-state index is 9.32. The van der Waals surface area contributed by atoms with Crippen molar-refractivity contribution in [2.45, 2.75) is 25.6 Å². The minimum absolute atomic E-state index is 0.290. The van der Waals surface area contributed by atoms with Crippen LogP contribution in [0.25, 0.3) is 0 Å². The van der Waals surface area contributed by atoms with Crippen LogP contribution in [0, 0.1) is 0 Å². The van der Waals surface area contributed by atoms with Gasteiger partial charge in [-0.25, -0.2) is 0 Å². The van der Waals surface area contributed by atoms with Crippen molar-refractivity contribution in [3.05, 3.63) is 0 Å². The molecule has 0 aliphatic carbocycles. The van der Waals surface area contributed by atoms with Gasteiger partial charge in [0, 0.05) is 19.5 Å². The molecule has 2 N–H and O–H groups in total. The number of hydrogen-bond donors (Lipinski definition) is 2. The molecule has 1 aliphatic rings. The molecule has 1 aliphatic heterocycles. The van der Waals surface area contributed by atoms with E-state index in [1.165, 1.54) is 0 Å². The van der Waals surface area contributed by atoms with Crippen molar-refractivity contribution >= 4 is 17.3 Å². The zero-order valence-electron chi connectivity index (χ0n) is 6.16. The van der Waals surface area contributed by atoms with Crippen LogP contribution in [0.2, 0.25) is 0 Å². The number of aliphatic hydroxyl groups is 1. The largest absolute Gasteiger partial charge is 0.373 e. The Labute approximate surface area is 66.0 Å². The smallest absolute Gasteiger partial charge is 0.170 e. The Morgan fingerprint density at radius 2 is 2.40 bits per heavy atom. The molecule has 1 rings (SSSR count). The number of nitrogens with one attached hydrogen (secondary N) is 1. The van der Waals surface area contributed by atoms with Gasteiger partial charge in [-0.15, -0.1) is 0 Å². The van der Waals surface area contributed by atoms with E-state index in [1.54, 1.807) is 11.9 Å². The van der Waals surface area contributed by atoms with Crippen LogP contribution in [0.15, 0.2) is 0 Å². The zero-order chi connectivity index (χ0) is 7.72. The molecule has 2 atom stereocenters. The summed E-state index contributed by atoms with van der Waals surface area (Å²) in [5.41, 5.74) is 0. The van der Waals surface area contributed by atoms with Crippen LogP contribution in [0.4, 0.5) is 0 Å². The first-order valence-corrected chi connectivity index (χ1v) is 3.73. The van der Waals surface area contributed by atoms with Gasteiger partial charge in [-0.05, 0) is 19.1 Å². The summed E-state index contributed by atoms with van der Waals surface area (Å²) in [6.07, 6.45) is 0.320. The van der Waals surface area contributed by atoms with E-state index in [0.29, 0.717) is 11.2 Å². The molecule has 1 heterocycles. The summed E-state index contributed by atoms with van der Waals surface area (Å²) < 4.78 is 0. The number of nitrogens with zero attached hydrogens (tertiary/aromatic N) is 1. The summed E-state index contributed by atoms with van der Waals surface area (Å²) in [5, 5.41) is 13.0. The number of aliphatic hydroxyl groups excluding tert-OH is 1. The molecular formula is C6H12N2OS. The molecular weight excluding hydrogens is 148 g/mol. The summed E-state index contributed by atoms with van der Waals surface area (Å²) in [7, 11) is 1.78. The molecule has 3 nitrogen and oxygen atoms in total.